The van der Waals surface area contributed by atoms with Gasteiger partial charge in [0.1, 0.15) is 0 Å². The van der Waals surface area contributed by atoms with Crippen molar-refractivity contribution in [2.45, 2.75) is 12.0 Å². The van der Waals surface area contributed by atoms with Crippen LogP contribution in [0.5, 0.6) is 0 Å². The van der Waals surface area contributed by atoms with Crippen LogP contribution in [0.2, 0.25) is 0 Å². The fourth-order valence-electron chi connectivity index (χ4n) is 2.23. The lowest BCUT2D eigenvalue weighted by Gasteiger charge is -2.21. The number of fused-ring (bicyclic) bond motifs is 2. The molecule has 1 spiro atoms. The van der Waals surface area contributed by atoms with Gasteiger partial charge in [0.05, 0.1) is 5.56 Å². The molecular formula is C10H10N2O2. The molecule has 1 saturated heterocycles. The molecule has 4 heteroatoms. The first-order valence-corrected chi connectivity index (χ1v) is 4.70. The second-order valence-corrected chi connectivity index (χ2v) is 3.73. The van der Waals surface area contributed by atoms with Gasteiger partial charge in [0, 0.05) is 30.9 Å². The Bertz CT molecular complexity index is 397. The van der Waals surface area contributed by atoms with E-state index in [-0.39, 0.29) is 5.97 Å². The van der Waals surface area contributed by atoms with Crippen LogP contribution in [-0.4, -0.2) is 24.0 Å². The SMILES string of the molecule is O=C1OC2(CCNC2)c2ccncc21. The van der Waals surface area contributed by atoms with Crippen LogP contribution in [0.25, 0.3) is 0 Å². The molecule has 72 valence electrons. The largest absolute Gasteiger partial charge is 0.449 e. The molecule has 0 aliphatic carbocycles. The van der Waals surface area contributed by atoms with Crippen LogP contribution in [0.15, 0.2) is 18.5 Å². The van der Waals surface area contributed by atoms with Gasteiger partial charge in [-0.3, -0.25) is 4.98 Å². The quantitative estimate of drug-likeness (QED) is 0.603. The fraction of sp³-hybridized carbons (Fsp3) is 0.400. The number of carbonyl (C=O) groups excluding carboxylic acids is 1. The van der Waals surface area contributed by atoms with Crippen LogP contribution in [0.3, 0.4) is 0 Å². The highest BCUT2D eigenvalue weighted by molar-refractivity contribution is 5.94. The van der Waals surface area contributed by atoms with Gasteiger partial charge in [0.2, 0.25) is 0 Å². The van der Waals surface area contributed by atoms with E-state index in [9.17, 15) is 4.79 Å². The van der Waals surface area contributed by atoms with Crippen LogP contribution in [-0.2, 0) is 10.3 Å². The third-order valence-electron chi connectivity index (χ3n) is 2.94. The number of pyridine rings is 1. The van der Waals surface area contributed by atoms with E-state index < -0.39 is 5.60 Å². The van der Waals surface area contributed by atoms with Gasteiger partial charge < -0.3 is 10.1 Å². The number of rotatable bonds is 0. The maximum absolute atomic E-state index is 11.5. The molecule has 0 radical (unpaired) electrons. The first-order chi connectivity index (χ1) is 6.82. The first kappa shape index (κ1) is 7.94. The summed E-state index contributed by atoms with van der Waals surface area (Å²) in [5, 5.41) is 3.22. The van der Waals surface area contributed by atoms with E-state index in [2.05, 4.69) is 10.3 Å². The van der Waals surface area contributed by atoms with Crippen molar-refractivity contribution in [1.82, 2.24) is 10.3 Å². The van der Waals surface area contributed by atoms with E-state index in [1.165, 1.54) is 0 Å². The molecule has 3 heterocycles. The maximum atomic E-state index is 11.5. The minimum Gasteiger partial charge on any atom is -0.449 e. The van der Waals surface area contributed by atoms with E-state index in [0.29, 0.717) is 5.56 Å². The van der Waals surface area contributed by atoms with Crippen LogP contribution >= 0.6 is 0 Å². The molecule has 1 atom stereocenters. The Morgan fingerprint density at radius 1 is 1.57 bits per heavy atom. The molecular weight excluding hydrogens is 180 g/mol. The topological polar surface area (TPSA) is 51.2 Å². The summed E-state index contributed by atoms with van der Waals surface area (Å²) in [5.41, 5.74) is 1.20. The Morgan fingerprint density at radius 2 is 2.50 bits per heavy atom. The van der Waals surface area contributed by atoms with E-state index in [0.717, 1.165) is 25.1 Å². The molecule has 0 saturated carbocycles. The highest BCUT2D eigenvalue weighted by Gasteiger charge is 2.47. The van der Waals surface area contributed by atoms with Crippen molar-refractivity contribution in [3.05, 3.63) is 29.6 Å². The molecule has 0 amide bonds. The first-order valence-electron chi connectivity index (χ1n) is 4.70. The van der Waals surface area contributed by atoms with Gasteiger partial charge in [0.25, 0.3) is 0 Å². The summed E-state index contributed by atoms with van der Waals surface area (Å²) in [6.45, 7) is 1.62. The van der Waals surface area contributed by atoms with Crippen LogP contribution in [0, 0.1) is 0 Å². The van der Waals surface area contributed by atoms with Gasteiger partial charge in [-0.25, -0.2) is 4.79 Å². The third-order valence-corrected chi connectivity index (χ3v) is 2.94. The molecule has 3 rings (SSSR count). The minimum absolute atomic E-state index is 0.239. The summed E-state index contributed by atoms with van der Waals surface area (Å²) in [4.78, 5) is 15.5. The number of nitrogens with zero attached hydrogens (tertiary/aromatic N) is 1. The Morgan fingerprint density at radius 3 is 3.29 bits per heavy atom. The molecule has 1 N–H and O–H groups in total. The number of nitrogens with one attached hydrogen (secondary N) is 1. The second kappa shape index (κ2) is 2.54. The van der Waals surface area contributed by atoms with Gasteiger partial charge >= 0.3 is 5.97 Å². The van der Waals surface area contributed by atoms with Gasteiger partial charge in [-0.15, -0.1) is 0 Å². The molecule has 14 heavy (non-hydrogen) atoms. The van der Waals surface area contributed by atoms with Gasteiger partial charge in [-0.2, -0.15) is 0 Å². The number of hydrogen-bond acceptors (Lipinski definition) is 4. The lowest BCUT2D eigenvalue weighted by Crippen LogP contribution is -2.28. The number of ether oxygens (including phenoxy) is 1. The third kappa shape index (κ3) is 0.861. The lowest BCUT2D eigenvalue weighted by atomic mass is 9.93. The molecule has 1 unspecified atom stereocenters. The van der Waals surface area contributed by atoms with Crippen molar-refractivity contribution < 1.29 is 9.53 Å². The van der Waals surface area contributed by atoms with Crippen molar-refractivity contribution >= 4 is 5.97 Å². The molecule has 0 bridgehead atoms. The van der Waals surface area contributed by atoms with E-state index in [1.807, 2.05) is 6.07 Å². The molecule has 2 aliphatic heterocycles. The van der Waals surface area contributed by atoms with Gasteiger partial charge in [0.15, 0.2) is 5.60 Å². The predicted octanol–water partition coefficient (Wildman–Crippen LogP) is 0.441. The van der Waals surface area contributed by atoms with Crippen LogP contribution in [0.4, 0.5) is 0 Å². The zero-order valence-electron chi connectivity index (χ0n) is 7.62. The predicted molar refractivity (Wildman–Crippen MR) is 48.8 cm³/mol. The summed E-state index contributed by atoms with van der Waals surface area (Å²) >= 11 is 0. The average Bonchev–Trinajstić information content (AvgIpc) is 2.77. The summed E-state index contributed by atoms with van der Waals surface area (Å²) in [6, 6.07) is 1.88. The average molecular weight is 190 g/mol. The van der Waals surface area contributed by atoms with Crippen molar-refractivity contribution in [2.75, 3.05) is 13.1 Å². The minimum atomic E-state index is -0.407. The summed E-state index contributed by atoms with van der Waals surface area (Å²) in [7, 11) is 0. The highest BCUT2D eigenvalue weighted by atomic mass is 16.6. The lowest BCUT2D eigenvalue weighted by molar-refractivity contribution is 0.00164. The molecule has 0 aromatic carbocycles. The number of hydrogen-bond donors (Lipinski definition) is 1. The van der Waals surface area contributed by atoms with Crippen molar-refractivity contribution in [2.24, 2.45) is 0 Å². The van der Waals surface area contributed by atoms with Crippen molar-refractivity contribution in [3.8, 4) is 0 Å². The van der Waals surface area contributed by atoms with E-state index in [1.54, 1.807) is 12.4 Å². The smallest absolute Gasteiger partial charge is 0.341 e. The second-order valence-electron chi connectivity index (χ2n) is 3.73. The Balaban J connectivity index is 2.18. The number of esters is 1. The van der Waals surface area contributed by atoms with Crippen molar-refractivity contribution in [3.63, 3.8) is 0 Å². The summed E-state index contributed by atoms with van der Waals surface area (Å²) in [5.74, 6) is -0.239. The zero-order valence-corrected chi connectivity index (χ0v) is 7.62. The van der Waals surface area contributed by atoms with Crippen molar-refractivity contribution in [1.29, 1.82) is 0 Å². The Hall–Kier alpha value is -1.42. The Labute approximate surface area is 81.3 Å². The normalized spacial score (nSPS) is 29.3. The highest BCUT2D eigenvalue weighted by Crippen LogP contribution is 2.40. The molecule has 4 nitrogen and oxygen atoms in total. The molecule has 2 aliphatic rings. The fourth-order valence-corrected chi connectivity index (χ4v) is 2.23. The molecule has 1 aromatic heterocycles. The van der Waals surface area contributed by atoms with E-state index >= 15 is 0 Å². The van der Waals surface area contributed by atoms with Crippen LogP contribution in [0.1, 0.15) is 22.3 Å². The standard InChI is InChI=1S/C10H10N2O2/c13-9-7-5-11-3-1-8(7)10(14-9)2-4-12-6-10/h1,3,5,12H,2,4,6H2. The maximum Gasteiger partial charge on any atom is 0.341 e. The van der Waals surface area contributed by atoms with Crippen LogP contribution < -0.4 is 5.32 Å². The Kier molecular flexibility index (Phi) is 1.44. The van der Waals surface area contributed by atoms with E-state index in [4.69, 9.17) is 4.74 Å². The number of carbonyl (C=O) groups is 1. The van der Waals surface area contributed by atoms with Gasteiger partial charge in [-0.1, -0.05) is 0 Å². The van der Waals surface area contributed by atoms with Gasteiger partial charge in [-0.05, 0) is 12.6 Å². The molecule has 1 fully saturated rings. The zero-order chi connectivity index (χ0) is 9.60. The summed E-state index contributed by atoms with van der Waals surface area (Å²) in [6.07, 6.45) is 4.15. The monoisotopic (exact) mass is 190 g/mol. The summed E-state index contributed by atoms with van der Waals surface area (Å²) < 4.78 is 5.44. The number of aromatic nitrogens is 1. The molecule has 1 aromatic rings.